The van der Waals surface area contributed by atoms with E-state index < -0.39 is 0 Å². The minimum Gasteiger partial charge on any atom is -0.492 e. The van der Waals surface area contributed by atoms with Crippen molar-refractivity contribution in [1.82, 2.24) is 25.5 Å². The van der Waals surface area contributed by atoms with Crippen molar-refractivity contribution in [3.8, 4) is 22.7 Å². The van der Waals surface area contributed by atoms with Crippen molar-refractivity contribution < 1.29 is 9.53 Å². The first kappa shape index (κ1) is 31.2. The molecule has 1 aliphatic heterocycles. The summed E-state index contributed by atoms with van der Waals surface area (Å²) >= 11 is 12.7. The molecule has 1 aliphatic rings. The molecule has 37 heavy (non-hydrogen) atoms. The SMILES string of the molecule is CCNCCOc1ccc(-c2c(C)c(C(=O)NN3CCCCC3)nn2-c2ccc(Cl)cc2Cl)cc1.Cl.Cl. The summed E-state index contributed by atoms with van der Waals surface area (Å²) in [4.78, 5) is 13.2. The molecule has 3 aromatic rings. The highest BCUT2D eigenvalue weighted by Gasteiger charge is 2.25. The van der Waals surface area contributed by atoms with Gasteiger partial charge in [-0.05, 0) is 68.8 Å². The van der Waals surface area contributed by atoms with E-state index in [0.29, 0.717) is 28.0 Å². The number of aromatic nitrogens is 2. The van der Waals surface area contributed by atoms with Crippen LogP contribution in [0.4, 0.5) is 0 Å². The van der Waals surface area contributed by atoms with Crippen LogP contribution in [0.1, 0.15) is 42.2 Å². The summed E-state index contributed by atoms with van der Waals surface area (Å²) in [6.45, 7) is 7.95. The number of hydrogen-bond acceptors (Lipinski definition) is 5. The molecule has 2 heterocycles. The van der Waals surface area contributed by atoms with Crippen molar-refractivity contribution in [2.75, 3.05) is 32.8 Å². The molecule has 1 aromatic heterocycles. The van der Waals surface area contributed by atoms with Crippen LogP contribution in [-0.2, 0) is 0 Å². The monoisotopic (exact) mass is 587 g/mol. The van der Waals surface area contributed by atoms with Crippen LogP contribution >= 0.6 is 48.0 Å². The van der Waals surface area contributed by atoms with Crippen molar-refractivity contribution in [2.24, 2.45) is 0 Å². The van der Waals surface area contributed by atoms with Crippen molar-refractivity contribution in [3.05, 3.63) is 63.8 Å². The third-order valence-electron chi connectivity index (χ3n) is 6.02. The van der Waals surface area contributed by atoms with Crippen molar-refractivity contribution in [2.45, 2.75) is 33.1 Å². The highest BCUT2D eigenvalue weighted by atomic mass is 35.5. The molecular formula is C26H33Cl4N5O2. The number of carbonyl (C=O) groups is 1. The van der Waals surface area contributed by atoms with Gasteiger partial charge < -0.3 is 10.1 Å². The molecule has 1 saturated heterocycles. The van der Waals surface area contributed by atoms with Gasteiger partial charge in [0.15, 0.2) is 5.69 Å². The van der Waals surface area contributed by atoms with Crippen LogP contribution in [0.15, 0.2) is 42.5 Å². The molecule has 0 bridgehead atoms. The van der Waals surface area contributed by atoms with Gasteiger partial charge in [-0.1, -0.05) is 36.5 Å². The minimum atomic E-state index is -0.224. The Balaban J connectivity index is 0.00000241. The van der Waals surface area contributed by atoms with Crippen LogP contribution in [0, 0.1) is 6.92 Å². The second-order valence-corrected chi connectivity index (χ2v) is 9.39. The summed E-state index contributed by atoms with van der Waals surface area (Å²) in [5.41, 5.74) is 6.50. The normalized spacial score (nSPS) is 13.4. The topological polar surface area (TPSA) is 71.4 Å². The molecule has 1 fully saturated rings. The number of piperidine rings is 1. The van der Waals surface area contributed by atoms with Gasteiger partial charge in [-0.25, -0.2) is 9.69 Å². The summed E-state index contributed by atoms with van der Waals surface area (Å²) in [5.74, 6) is 0.556. The van der Waals surface area contributed by atoms with Crippen LogP contribution in [0.3, 0.4) is 0 Å². The maximum absolute atomic E-state index is 13.2. The average molecular weight is 589 g/mol. The Labute approximate surface area is 240 Å². The quantitative estimate of drug-likeness (QED) is 0.295. The molecule has 0 aliphatic carbocycles. The van der Waals surface area contributed by atoms with Crippen LogP contribution in [0.5, 0.6) is 5.75 Å². The van der Waals surface area contributed by atoms with Gasteiger partial charge >= 0.3 is 0 Å². The zero-order valence-electron chi connectivity index (χ0n) is 20.9. The molecule has 2 aromatic carbocycles. The van der Waals surface area contributed by atoms with Crippen molar-refractivity contribution >= 4 is 53.9 Å². The fourth-order valence-corrected chi connectivity index (χ4v) is 4.70. The molecule has 4 rings (SSSR count). The summed E-state index contributed by atoms with van der Waals surface area (Å²) in [6, 6.07) is 13.0. The Bertz CT molecular complexity index is 1160. The number of hydrogen-bond donors (Lipinski definition) is 2. The molecular weight excluding hydrogens is 556 g/mol. The number of likely N-dealkylation sites (N-methyl/N-ethyl adjacent to an activating group) is 1. The van der Waals surface area contributed by atoms with Gasteiger partial charge in [0.1, 0.15) is 12.4 Å². The fourth-order valence-electron chi connectivity index (χ4n) is 4.21. The largest absolute Gasteiger partial charge is 0.492 e. The molecule has 11 heteroatoms. The number of nitrogens with one attached hydrogen (secondary N) is 2. The summed E-state index contributed by atoms with van der Waals surface area (Å²) in [5, 5.41) is 10.9. The first-order valence-electron chi connectivity index (χ1n) is 12.0. The van der Waals surface area contributed by atoms with Gasteiger partial charge in [-0.2, -0.15) is 5.10 Å². The summed E-state index contributed by atoms with van der Waals surface area (Å²) in [7, 11) is 0. The first-order valence-corrected chi connectivity index (χ1v) is 12.8. The Morgan fingerprint density at radius 1 is 1.05 bits per heavy atom. The molecule has 0 saturated carbocycles. The van der Waals surface area contributed by atoms with Crippen molar-refractivity contribution in [3.63, 3.8) is 0 Å². The molecule has 0 atom stereocenters. The lowest BCUT2D eigenvalue weighted by molar-refractivity contribution is 0.0743. The van der Waals surface area contributed by atoms with Gasteiger partial charge in [-0.3, -0.25) is 10.2 Å². The van der Waals surface area contributed by atoms with Gasteiger partial charge in [0.2, 0.25) is 0 Å². The molecule has 1 amide bonds. The third-order valence-corrected chi connectivity index (χ3v) is 6.55. The van der Waals surface area contributed by atoms with E-state index in [2.05, 4.69) is 17.7 Å². The molecule has 202 valence electrons. The average Bonchev–Trinajstić information content (AvgIpc) is 3.19. The predicted octanol–water partition coefficient (Wildman–Crippen LogP) is 6.12. The van der Waals surface area contributed by atoms with Crippen LogP contribution in [0.2, 0.25) is 10.0 Å². The van der Waals surface area contributed by atoms with E-state index in [9.17, 15) is 4.79 Å². The number of rotatable bonds is 9. The number of amides is 1. The fraction of sp³-hybridized carbons (Fsp3) is 0.385. The van der Waals surface area contributed by atoms with Gasteiger partial charge in [0.05, 0.1) is 16.4 Å². The first-order chi connectivity index (χ1) is 17.0. The Morgan fingerprint density at radius 3 is 2.41 bits per heavy atom. The zero-order chi connectivity index (χ0) is 24.8. The van der Waals surface area contributed by atoms with Crippen LogP contribution in [0.25, 0.3) is 16.9 Å². The lowest BCUT2D eigenvalue weighted by Gasteiger charge is -2.26. The standard InChI is InChI=1S/C26H31Cl2N5O2.2ClH/c1-3-29-13-16-35-21-10-7-19(8-11-21)25-18(2)24(26(34)31-32-14-5-4-6-15-32)30-33(25)23-12-9-20(27)17-22(23)28;;/h7-12,17,29H,3-6,13-16H2,1-2H3,(H,31,34);2*1H. The Kier molecular flexibility index (Phi) is 12.5. The Hall–Kier alpha value is -2.00. The highest BCUT2D eigenvalue weighted by molar-refractivity contribution is 6.35. The zero-order valence-corrected chi connectivity index (χ0v) is 24.1. The van der Waals surface area contributed by atoms with Gasteiger partial charge in [0.25, 0.3) is 5.91 Å². The summed E-state index contributed by atoms with van der Waals surface area (Å²) in [6.07, 6.45) is 3.33. The highest BCUT2D eigenvalue weighted by Crippen LogP contribution is 2.33. The maximum Gasteiger partial charge on any atom is 0.286 e. The van der Waals surface area contributed by atoms with E-state index in [1.165, 1.54) is 6.42 Å². The molecule has 7 nitrogen and oxygen atoms in total. The molecule has 2 N–H and O–H groups in total. The molecule has 0 spiro atoms. The third kappa shape index (κ3) is 7.76. The van der Waals surface area contributed by atoms with Gasteiger partial charge in [-0.15, -0.1) is 24.8 Å². The number of hydrazine groups is 1. The lowest BCUT2D eigenvalue weighted by Crippen LogP contribution is -2.45. The number of benzene rings is 2. The number of nitrogens with zero attached hydrogens (tertiary/aromatic N) is 3. The number of halogens is 4. The second kappa shape index (κ2) is 14.8. The van der Waals surface area contributed by atoms with E-state index >= 15 is 0 Å². The van der Waals surface area contributed by atoms with Crippen LogP contribution in [-0.4, -0.2) is 53.5 Å². The number of ether oxygens (including phenoxy) is 1. The van der Waals surface area contributed by atoms with Crippen LogP contribution < -0.4 is 15.5 Å². The van der Waals surface area contributed by atoms with E-state index in [0.717, 1.165) is 61.6 Å². The Morgan fingerprint density at radius 2 is 1.76 bits per heavy atom. The molecule has 0 unspecified atom stereocenters. The van der Waals surface area contributed by atoms with Gasteiger partial charge in [0, 0.05) is 35.8 Å². The van der Waals surface area contributed by atoms with E-state index in [-0.39, 0.29) is 30.7 Å². The molecule has 0 radical (unpaired) electrons. The maximum atomic E-state index is 13.2. The lowest BCUT2D eigenvalue weighted by atomic mass is 10.1. The smallest absolute Gasteiger partial charge is 0.286 e. The second-order valence-electron chi connectivity index (χ2n) is 8.54. The van der Waals surface area contributed by atoms with E-state index in [1.54, 1.807) is 16.8 Å². The van der Waals surface area contributed by atoms with E-state index in [4.69, 9.17) is 33.0 Å². The minimum absolute atomic E-state index is 0. The number of carbonyl (C=O) groups excluding carboxylic acids is 1. The van der Waals surface area contributed by atoms with Crippen molar-refractivity contribution in [1.29, 1.82) is 0 Å². The van der Waals surface area contributed by atoms with E-state index in [1.807, 2.05) is 42.3 Å². The predicted molar refractivity (Wildman–Crippen MR) is 155 cm³/mol. The summed E-state index contributed by atoms with van der Waals surface area (Å²) < 4.78 is 7.54.